The molecule has 0 radical (unpaired) electrons. The Labute approximate surface area is 107 Å². The normalized spacial score (nSPS) is 21.8. The van der Waals surface area contributed by atoms with E-state index >= 15 is 0 Å². The van der Waals surface area contributed by atoms with Crippen LogP contribution in [0.2, 0.25) is 0 Å². The molecule has 1 rings (SSSR count). The summed E-state index contributed by atoms with van der Waals surface area (Å²) in [5.74, 6) is -0.953. The Hall–Kier alpha value is -1.14. The molecule has 1 heterocycles. The number of aliphatic carboxylic acids is 1. The number of amides is 1. The van der Waals surface area contributed by atoms with E-state index in [1.807, 2.05) is 0 Å². The molecule has 1 aliphatic heterocycles. The molecule has 18 heavy (non-hydrogen) atoms. The molecule has 0 bridgehead atoms. The number of methoxy groups -OCH3 is 1. The van der Waals surface area contributed by atoms with Crippen molar-refractivity contribution < 1.29 is 19.4 Å². The van der Waals surface area contributed by atoms with Crippen LogP contribution in [0.25, 0.3) is 0 Å². The number of carbonyl (C=O) groups excluding carboxylic acids is 1. The summed E-state index contributed by atoms with van der Waals surface area (Å²) in [6.45, 7) is 3.59. The summed E-state index contributed by atoms with van der Waals surface area (Å²) in [6, 6.07) is -0.916. The standard InChI is InChI=1S/C12H22N2O4/c1-9(11(15)13-6-4-8-18-2)14-7-3-5-10(14)12(16)17/h9-10H,3-8H2,1-2H3,(H,13,15)(H,16,17). The number of hydrogen-bond acceptors (Lipinski definition) is 4. The number of carboxylic acid groups (broad SMARTS) is 1. The summed E-state index contributed by atoms with van der Waals surface area (Å²) in [6.07, 6.45) is 2.21. The Bertz CT molecular complexity index is 296. The van der Waals surface area contributed by atoms with Gasteiger partial charge < -0.3 is 15.2 Å². The van der Waals surface area contributed by atoms with Crippen LogP contribution in [0, 0.1) is 0 Å². The van der Waals surface area contributed by atoms with E-state index in [2.05, 4.69) is 5.32 Å². The molecule has 0 saturated carbocycles. The highest BCUT2D eigenvalue weighted by atomic mass is 16.5. The lowest BCUT2D eigenvalue weighted by Gasteiger charge is -2.27. The van der Waals surface area contributed by atoms with E-state index in [0.29, 0.717) is 26.1 Å². The van der Waals surface area contributed by atoms with Crippen LogP contribution in [0.4, 0.5) is 0 Å². The molecule has 6 nitrogen and oxygen atoms in total. The van der Waals surface area contributed by atoms with Gasteiger partial charge in [-0.2, -0.15) is 0 Å². The van der Waals surface area contributed by atoms with Crippen LogP contribution >= 0.6 is 0 Å². The fraction of sp³-hybridized carbons (Fsp3) is 0.833. The van der Waals surface area contributed by atoms with Gasteiger partial charge in [-0.05, 0) is 32.7 Å². The number of rotatable bonds is 7. The van der Waals surface area contributed by atoms with E-state index in [0.717, 1.165) is 12.8 Å². The van der Waals surface area contributed by atoms with E-state index in [9.17, 15) is 9.59 Å². The van der Waals surface area contributed by atoms with Crippen molar-refractivity contribution >= 4 is 11.9 Å². The molecule has 0 aromatic heterocycles. The first-order chi connectivity index (χ1) is 8.57. The maximum Gasteiger partial charge on any atom is 0.320 e. The Balaban J connectivity index is 2.40. The number of likely N-dealkylation sites (tertiary alicyclic amines) is 1. The maximum atomic E-state index is 11.9. The van der Waals surface area contributed by atoms with Gasteiger partial charge in [0, 0.05) is 20.3 Å². The first-order valence-corrected chi connectivity index (χ1v) is 6.33. The molecule has 0 aromatic carbocycles. The van der Waals surface area contributed by atoms with Gasteiger partial charge in [-0.3, -0.25) is 14.5 Å². The lowest BCUT2D eigenvalue weighted by atomic mass is 10.2. The van der Waals surface area contributed by atoms with Crippen molar-refractivity contribution in [1.82, 2.24) is 10.2 Å². The van der Waals surface area contributed by atoms with Crippen LogP contribution in [-0.4, -0.2) is 60.8 Å². The number of carboxylic acids is 1. The lowest BCUT2D eigenvalue weighted by Crippen LogP contribution is -2.49. The quantitative estimate of drug-likeness (QED) is 0.632. The molecule has 6 heteroatoms. The van der Waals surface area contributed by atoms with Gasteiger partial charge >= 0.3 is 5.97 Å². The summed E-state index contributed by atoms with van der Waals surface area (Å²) < 4.78 is 4.89. The Morgan fingerprint density at radius 3 is 2.89 bits per heavy atom. The summed E-state index contributed by atoms with van der Waals surface area (Å²) in [5, 5.41) is 11.9. The van der Waals surface area contributed by atoms with Gasteiger partial charge in [0.25, 0.3) is 0 Å². The third-order valence-corrected chi connectivity index (χ3v) is 3.28. The van der Waals surface area contributed by atoms with Gasteiger partial charge in [0.1, 0.15) is 6.04 Å². The second-order valence-corrected chi connectivity index (χ2v) is 4.55. The van der Waals surface area contributed by atoms with Crippen LogP contribution < -0.4 is 5.32 Å². The van der Waals surface area contributed by atoms with Crippen molar-refractivity contribution in [2.75, 3.05) is 26.8 Å². The van der Waals surface area contributed by atoms with Gasteiger partial charge in [-0.15, -0.1) is 0 Å². The van der Waals surface area contributed by atoms with Crippen molar-refractivity contribution in [3.05, 3.63) is 0 Å². The van der Waals surface area contributed by atoms with Gasteiger partial charge in [-0.25, -0.2) is 0 Å². The topological polar surface area (TPSA) is 78.9 Å². The first kappa shape index (κ1) is 14.9. The first-order valence-electron chi connectivity index (χ1n) is 6.33. The van der Waals surface area contributed by atoms with Crippen molar-refractivity contribution in [3.8, 4) is 0 Å². The average Bonchev–Trinajstić information content (AvgIpc) is 2.82. The minimum Gasteiger partial charge on any atom is -0.480 e. The van der Waals surface area contributed by atoms with Gasteiger partial charge in [-0.1, -0.05) is 0 Å². The van der Waals surface area contributed by atoms with E-state index in [-0.39, 0.29) is 5.91 Å². The fourth-order valence-electron chi connectivity index (χ4n) is 2.24. The molecule has 0 aromatic rings. The zero-order chi connectivity index (χ0) is 13.5. The number of hydrogen-bond donors (Lipinski definition) is 2. The third kappa shape index (κ3) is 3.96. The molecule has 2 unspecified atom stereocenters. The molecule has 1 fully saturated rings. The van der Waals surface area contributed by atoms with Crippen LogP contribution in [-0.2, 0) is 14.3 Å². The van der Waals surface area contributed by atoms with Gasteiger partial charge in [0.05, 0.1) is 6.04 Å². The largest absolute Gasteiger partial charge is 0.480 e. The predicted molar refractivity (Wildman–Crippen MR) is 66.3 cm³/mol. The van der Waals surface area contributed by atoms with Crippen LogP contribution in [0.1, 0.15) is 26.2 Å². The summed E-state index contributed by atoms with van der Waals surface area (Å²) in [5.41, 5.74) is 0. The molecular formula is C12H22N2O4. The number of ether oxygens (including phenoxy) is 1. The minimum absolute atomic E-state index is 0.112. The molecule has 2 N–H and O–H groups in total. The number of nitrogens with zero attached hydrogens (tertiary/aromatic N) is 1. The molecular weight excluding hydrogens is 236 g/mol. The highest BCUT2D eigenvalue weighted by Gasteiger charge is 2.36. The molecule has 2 atom stereocenters. The molecule has 1 saturated heterocycles. The molecule has 0 aliphatic carbocycles. The SMILES string of the molecule is COCCCNC(=O)C(C)N1CCCC1C(=O)O. The molecule has 1 amide bonds. The maximum absolute atomic E-state index is 11.9. The molecule has 104 valence electrons. The van der Waals surface area contributed by atoms with Crippen molar-refractivity contribution in [1.29, 1.82) is 0 Å². The van der Waals surface area contributed by atoms with Gasteiger partial charge in [0.15, 0.2) is 0 Å². The monoisotopic (exact) mass is 258 g/mol. The van der Waals surface area contributed by atoms with E-state index in [4.69, 9.17) is 9.84 Å². The fourth-order valence-corrected chi connectivity index (χ4v) is 2.24. The summed E-state index contributed by atoms with van der Waals surface area (Å²) in [4.78, 5) is 24.7. The van der Waals surface area contributed by atoms with Crippen LogP contribution in [0.15, 0.2) is 0 Å². The molecule has 0 spiro atoms. The van der Waals surface area contributed by atoms with Crippen LogP contribution in [0.5, 0.6) is 0 Å². The highest BCUT2D eigenvalue weighted by molar-refractivity contribution is 5.82. The van der Waals surface area contributed by atoms with Crippen molar-refractivity contribution in [2.24, 2.45) is 0 Å². The minimum atomic E-state index is -0.841. The zero-order valence-electron chi connectivity index (χ0n) is 11.0. The van der Waals surface area contributed by atoms with Crippen LogP contribution in [0.3, 0.4) is 0 Å². The number of nitrogens with one attached hydrogen (secondary N) is 1. The second-order valence-electron chi connectivity index (χ2n) is 4.55. The second kappa shape index (κ2) is 7.33. The highest BCUT2D eigenvalue weighted by Crippen LogP contribution is 2.20. The lowest BCUT2D eigenvalue weighted by molar-refractivity contribution is -0.143. The van der Waals surface area contributed by atoms with E-state index in [1.54, 1.807) is 18.9 Å². The average molecular weight is 258 g/mol. The van der Waals surface area contributed by atoms with Crippen molar-refractivity contribution in [2.45, 2.75) is 38.3 Å². The van der Waals surface area contributed by atoms with Crippen molar-refractivity contribution in [3.63, 3.8) is 0 Å². The predicted octanol–water partition coefficient (Wildman–Crippen LogP) is 0.0766. The van der Waals surface area contributed by atoms with E-state index in [1.165, 1.54) is 0 Å². The number of carbonyl (C=O) groups is 2. The third-order valence-electron chi connectivity index (χ3n) is 3.28. The zero-order valence-corrected chi connectivity index (χ0v) is 11.0. The van der Waals surface area contributed by atoms with Gasteiger partial charge in [0.2, 0.25) is 5.91 Å². The smallest absolute Gasteiger partial charge is 0.320 e. The summed E-state index contributed by atoms with van der Waals surface area (Å²) >= 11 is 0. The molecule has 1 aliphatic rings. The van der Waals surface area contributed by atoms with E-state index < -0.39 is 18.1 Å². The Morgan fingerprint density at radius 2 is 2.28 bits per heavy atom. The Kier molecular flexibility index (Phi) is 6.07. The Morgan fingerprint density at radius 1 is 1.56 bits per heavy atom. The summed E-state index contributed by atoms with van der Waals surface area (Å²) in [7, 11) is 1.62.